The van der Waals surface area contributed by atoms with E-state index >= 15 is 0 Å². The van der Waals surface area contributed by atoms with Crippen LogP contribution in [-0.4, -0.2) is 26.7 Å². The number of carbonyl (C=O) groups excluding carboxylic acids is 1. The maximum atomic E-state index is 12.9. The van der Waals surface area contributed by atoms with Crippen molar-refractivity contribution in [3.8, 4) is 0 Å². The van der Waals surface area contributed by atoms with Crippen LogP contribution in [-0.2, 0) is 0 Å². The van der Waals surface area contributed by atoms with Gasteiger partial charge < -0.3 is 0 Å². The molecule has 0 saturated heterocycles. The topological polar surface area (TPSA) is 41.5 Å². The SMILES string of the molecule is Cc1cc(N=C([Se])NC(=O)c2ccc(F)cc2)ccc1C1C=CC=C1. The van der Waals surface area contributed by atoms with E-state index in [1.807, 2.05) is 37.3 Å². The van der Waals surface area contributed by atoms with E-state index in [0.29, 0.717) is 16.2 Å². The van der Waals surface area contributed by atoms with Crippen LogP contribution in [0.2, 0.25) is 0 Å². The van der Waals surface area contributed by atoms with Gasteiger partial charge in [0.25, 0.3) is 0 Å². The van der Waals surface area contributed by atoms with Gasteiger partial charge in [-0.1, -0.05) is 0 Å². The normalized spacial score (nSPS) is 14.1. The minimum absolute atomic E-state index is 0.309. The summed E-state index contributed by atoms with van der Waals surface area (Å²) in [5, 5.41) is 2.66. The molecule has 0 aliphatic heterocycles. The Morgan fingerprint density at radius 3 is 2.44 bits per heavy atom. The molecule has 0 aromatic heterocycles. The molecule has 0 atom stereocenters. The number of hydrogen-bond acceptors (Lipinski definition) is 2. The molecule has 5 heteroatoms. The monoisotopic (exact) mass is 399 g/mol. The molecule has 1 aliphatic carbocycles. The Hall–Kier alpha value is -2.49. The summed E-state index contributed by atoms with van der Waals surface area (Å²) < 4.78 is 13.3. The summed E-state index contributed by atoms with van der Waals surface area (Å²) in [6.07, 6.45) is 8.38. The molecular formula is C20H16FN2OSe. The molecule has 2 aromatic carbocycles. The molecule has 1 amide bonds. The number of carbonyl (C=O) groups is 1. The van der Waals surface area contributed by atoms with E-state index in [2.05, 4.69) is 38.5 Å². The summed E-state index contributed by atoms with van der Waals surface area (Å²) in [7, 11) is 0. The predicted molar refractivity (Wildman–Crippen MR) is 98.9 cm³/mol. The molecule has 0 bridgehead atoms. The van der Waals surface area contributed by atoms with Crippen molar-refractivity contribution in [1.29, 1.82) is 0 Å². The number of halogens is 1. The Morgan fingerprint density at radius 1 is 1.12 bits per heavy atom. The number of nitrogens with zero attached hydrogens (tertiary/aromatic N) is 1. The number of benzene rings is 2. The molecular weight excluding hydrogens is 382 g/mol. The van der Waals surface area contributed by atoms with Gasteiger partial charge in [0.15, 0.2) is 0 Å². The number of rotatable bonds is 3. The van der Waals surface area contributed by atoms with E-state index in [4.69, 9.17) is 0 Å². The first-order chi connectivity index (χ1) is 12.0. The second-order valence-corrected chi connectivity index (χ2v) is 6.53. The zero-order valence-corrected chi connectivity index (χ0v) is 15.3. The van der Waals surface area contributed by atoms with Gasteiger partial charge in [0.1, 0.15) is 0 Å². The molecule has 0 fully saturated rings. The van der Waals surface area contributed by atoms with Crippen LogP contribution in [0.5, 0.6) is 0 Å². The minimum atomic E-state index is -0.379. The van der Waals surface area contributed by atoms with Crippen LogP contribution in [0.3, 0.4) is 0 Å². The Labute approximate surface area is 154 Å². The standard InChI is InChI=1S/C20H16FN2OSe/c1-13-12-17(10-11-18(13)14-4-2-3-5-14)22-20(25)23-19(24)15-6-8-16(21)9-7-15/h2-12,14H,1H3,(H,22,23,24). The fourth-order valence-electron chi connectivity index (χ4n) is 2.66. The third-order valence-corrected chi connectivity index (χ3v) is 4.32. The number of aryl methyl sites for hydroxylation is 1. The number of hydrogen-bond donors (Lipinski definition) is 1. The third kappa shape index (κ3) is 4.32. The van der Waals surface area contributed by atoms with Crippen molar-refractivity contribution >= 4 is 32.3 Å². The first kappa shape index (κ1) is 17.3. The molecule has 0 saturated carbocycles. The van der Waals surface area contributed by atoms with Crippen molar-refractivity contribution in [2.24, 2.45) is 4.99 Å². The number of nitrogens with one attached hydrogen (secondary N) is 1. The van der Waals surface area contributed by atoms with Gasteiger partial charge in [-0.15, -0.1) is 0 Å². The van der Waals surface area contributed by atoms with E-state index in [1.165, 1.54) is 29.8 Å². The molecule has 1 aliphatic rings. The van der Waals surface area contributed by atoms with Crippen LogP contribution in [0.25, 0.3) is 0 Å². The van der Waals surface area contributed by atoms with Crippen LogP contribution in [0.4, 0.5) is 10.1 Å². The molecule has 0 heterocycles. The van der Waals surface area contributed by atoms with Crippen molar-refractivity contribution in [1.82, 2.24) is 5.32 Å². The van der Waals surface area contributed by atoms with Gasteiger partial charge >= 0.3 is 154 Å². The van der Waals surface area contributed by atoms with Crippen molar-refractivity contribution in [2.45, 2.75) is 12.8 Å². The molecule has 125 valence electrons. The van der Waals surface area contributed by atoms with Crippen molar-refractivity contribution < 1.29 is 9.18 Å². The number of aliphatic imine (C=N–C) groups is 1. The van der Waals surface area contributed by atoms with E-state index in [-0.39, 0.29) is 11.7 Å². The van der Waals surface area contributed by atoms with E-state index in [9.17, 15) is 9.18 Å². The first-order valence-electron chi connectivity index (χ1n) is 7.81. The molecule has 3 rings (SSSR count). The Bertz CT molecular complexity index is 873. The third-order valence-electron chi connectivity index (χ3n) is 3.92. The molecule has 1 N–H and O–H groups in total. The quantitative estimate of drug-likeness (QED) is 0.475. The summed E-state index contributed by atoms with van der Waals surface area (Å²) >= 11 is 2.75. The molecule has 2 aromatic rings. The maximum absolute atomic E-state index is 12.9. The zero-order valence-electron chi connectivity index (χ0n) is 13.6. The van der Waals surface area contributed by atoms with Gasteiger partial charge in [-0.05, 0) is 0 Å². The Kier molecular flexibility index (Phi) is 5.27. The summed E-state index contributed by atoms with van der Waals surface area (Å²) in [4.78, 5) is 16.5. The van der Waals surface area contributed by atoms with Crippen molar-refractivity contribution in [3.05, 3.63) is 89.3 Å². The van der Waals surface area contributed by atoms with Gasteiger partial charge in [0.05, 0.1) is 0 Å². The number of amides is 1. The van der Waals surface area contributed by atoms with Crippen LogP contribution < -0.4 is 5.32 Å². The fourth-order valence-corrected chi connectivity index (χ4v) is 3.07. The van der Waals surface area contributed by atoms with Gasteiger partial charge in [-0.3, -0.25) is 0 Å². The van der Waals surface area contributed by atoms with Crippen LogP contribution in [0.15, 0.2) is 71.8 Å². The number of amidine groups is 1. The van der Waals surface area contributed by atoms with Gasteiger partial charge in [0, 0.05) is 0 Å². The first-order valence-corrected chi connectivity index (χ1v) is 8.67. The van der Waals surface area contributed by atoms with Crippen LogP contribution in [0, 0.1) is 12.7 Å². The van der Waals surface area contributed by atoms with Gasteiger partial charge in [-0.2, -0.15) is 0 Å². The second-order valence-electron chi connectivity index (χ2n) is 5.71. The zero-order chi connectivity index (χ0) is 17.8. The van der Waals surface area contributed by atoms with Crippen molar-refractivity contribution in [2.75, 3.05) is 0 Å². The molecule has 25 heavy (non-hydrogen) atoms. The van der Waals surface area contributed by atoms with Gasteiger partial charge in [-0.25, -0.2) is 0 Å². The second kappa shape index (κ2) is 7.60. The summed E-state index contributed by atoms with van der Waals surface area (Å²) in [6.45, 7) is 2.05. The molecule has 0 unspecified atom stereocenters. The Morgan fingerprint density at radius 2 is 1.80 bits per heavy atom. The average Bonchev–Trinajstić information content (AvgIpc) is 3.09. The average molecular weight is 398 g/mol. The number of allylic oxidation sites excluding steroid dienone is 4. The van der Waals surface area contributed by atoms with Crippen molar-refractivity contribution in [3.63, 3.8) is 0 Å². The van der Waals surface area contributed by atoms with E-state index < -0.39 is 0 Å². The Balaban J connectivity index is 1.72. The molecule has 0 spiro atoms. The van der Waals surface area contributed by atoms with E-state index in [1.54, 1.807) is 0 Å². The van der Waals surface area contributed by atoms with E-state index in [0.717, 1.165) is 11.3 Å². The van der Waals surface area contributed by atoms with Gasteiger partial charge in [0.2, 0.25) is 0 Å². The van der Waals surface area contributed by atoms with Crippen LogP contribution in [0.1, 0.15) is 27.4 Å². The summed E-state index contributed by atoms with van der Waals surface area (Å²) in [5.41, 5.74) is 3.50. The molecule has 3 nitrogen and oxygen atoms in total. The predicted octanol–water partition coefficient (Wildman–Crippen LogP) is 3.93. The summed E-state index contributed by atoms with van der Waals surface area (Å²) in [5.74, 6) is -0.410. The summed E-state index contributed by atoms with van der Waals surface area (Å²) in [6, 6.07) is 11.3. The van der Waals surface area contributed by atoms with Crippen LogP contribution >= 0.6 is 0 Å². The molecule has 1 radical (unpaired) electrons. The fraction of sp³-hybridized carbons (Fsp3) is 0.100.